The van der Waals surface area contributed by atoms with Gasteiger partial charge in [-0.25, -0.2) is 0 Å². The number of aryl methyl sites for hydroxylation is 1. The van der Waals surface area contributed by atoms with Crippen molar-refractivity contribution in [3.05, 3.63) is 35.4 Å². The van der Waals surface area contributed by atoms with Gasteiger partial charge in [0.15, 0.2) is 0 Å². The standard InChI is InChI=1S/C17H23F3N2O3S/c1-26-9-8-15(24)11-25-10-14(23)7-4-12-2-5-13(6-3-12)16(21-22-16)17(18,19)20/h2-3,5-6,14-15,23-24H,4,7-11H2,1H3. The minimum Gasteiger partial charge on any atom is -0.391 e. The molecule has 0 amide bonds. The molecule has 146 valence electrons. The van der Waals surface area contributed by atoms with Crippen molar-refractivity contribution in [1.29, 1.82) is 0 Å². The minimum atomic E-state index is -4.53. The Bertz CT molecular complexity index is 590. The van der Waals surface area contributed by atoms with Gasteiger partial charge in [0.25, 0.3) is 0 Å². The Balaban J connectivity index is 1.71. The highest BCUT2D eigenvalue weighted by Gasteiger charge is 2.65. The molecule has 1 heterocycles. The van der Waals surface area contributed by atoms with Gasteiger partial charge in [-0.2, -0.15) is 24.9 Å². The van der Waals surface area contributed by atoms with E-state index >= 15 is 0 Å². The number of aliphatic hydroxyl groups excluding tert-OH is 2. The van der Waals surface area contributed by atoms with Crippen molar-refractivity contribution in [3.63, 3.8) is 0 Å². The lowest BCUT2D eigenvalue weighted by Crippen LogP contribution is -2.30. The zero-order valence-corrected chi connectivity index (χ0v) is 15.3. The van der Waals surface area contributed by atoms with E-state index in [-0.39, 0.29) is 18.8 Å². The van der Waals surface area contributed by atoms with Crippen molar-refractivity contribution in [2.45, 2.75) is 43.3 Å². The lowest BCUT2D eigenvalue weighted by atomic mass is 9.99. The molecule has 0 saturated carbocycles. The van der Waals surface area contributed by atoms with Crippen LogP contribution in [0.5, 0.6) is 0 Å². The number of halogens is 3. The lowest BCUT2D eigenvalue weighted by molar-refractivity contribution is -0.166. The van der Waals surface area contributed by atoms with E-state index in [2.05, 4.69) is 10.2 Å². The van der Waals surface area contributed by atoms with Gasteiger partial charge < -0.3 is 14.9 Å². The molecule has 2 N–H and O–H groups in total. The lowest BCUT2D eigenvalue weighted by Gasteiger charge is -2.16. The van der Waals surface area contributed by atoms with Crippen molar-refractivity contribution < 1.29 is 28.1 Å². The summed E-state index contributed by atoms with van der Waals surface area (Å²) >= 11 is 1.64. The number of alkyl halides is 3. The molecule has 1 aliphatic heterocycles. The Morgan fingerprint density at radius 1 is 1.08 bits per heavy atom. The van der Waals surface area contributed by atoms with Crippen LogP contribution in [0.3, 0.4) is 0 Å². The Hall–Kier alpha value is -1.16. The molecule has 1 aromatic carbocycles. The molecule has 1 aromatic rings. The highest BCUT2D eigenvalue weighted by Crippen LogP contribution is 2.52. The Morgan fingerprint density at radius 3 is 2.15 bits per heavy atom. The summed E-state index contributed by atoms with van der Waals surface area (Å²) in [4.78, 5) is 0. The molecule has 1 aliphatic rings. The minimum absolute atomic E-state index is 0.00291. The number of nitrogens with zero attached hydrogens (tertiary/aromatic N) is 2. The van der Waals surface area contributed by atoms with E-state index in [9.17, 15) is 23.4 Å². The van der Waals surface area contributed by atoms with E-state index in [4.69, 9.17) is 4.74 Å². The van der Waals surface area contributed by atoms with E-state index in [1.807, 2.05) is 6.26 Å². The van der Waals surface area contributed by atoms with Crippen LogP contribution in [0.25, 0.3) is 0 Å². The molecular formula is C17H23F3N2O3S. The SMILES string of the molecule is CSCCC(O)COCC(O)CCc1ccc(C2(C(F)(F)F)N=N2)cc1. The second kappa shape index (κ2) is 9.16. The first-order chi connectivity index (χ1) is 12.3. The van der Waals surface area contributed by atoms with Crippen LogP contribution in [0.1, 0.15) is 24.0 Å². The summed E-state index contributed by atoms with van der Waals surface area (Å²) in [5, 5.41) is 25.9. The van der Waals surface area contributed by atoms with Gasteiger partial charge in [0.1, 0.15) is 0 Å². The zero-order chi connectivity index (χ0) is 19.2. The summed E-state index contributed by atoms with van der Waals surface area (Å²) in [6, 6.07) is 5.92. The zero-order valence-electron chi connectivity index (χ0n) is 14.4. The van der Waals surface area contributed by atoms with Crippen molar-refractivity contribution in [2.24, 2.45) is 10.2 Å². The van der Waals surface area contributed by atoms with E-state index < -0.39 is 24.0 Å². The van der Waals surface area contributed by atoms with Gasteiger partial charge in [-0.1, -0.05) is 24.3 Å². The predicted molar refractivity (Wildman–Crippen MR) is 93.2 cm³/mol. The molecule has 5 nitrogen and oxygen atoms in total. The van der Waals surface area contributed by atoms with Crippen LogP contribution in [0.4, 0.5) is 13.2 Å². The first-order valence-corrected chi connectivity index (χ1v) is 9.71. The second-order valence-electron chi connectivity index (χ2n) is 6.23. The Labute approximate surface area is 154 Å². The molecule has 0 aliphatic carbocycles. The van der Waals surface area contributed by atoms with E-state index in [0.717, 1.165) is 11.3 Å². The number of aliphatic hydroxyl groups is 2. The molecule has 0 aromatic heterocycles. The summed E-state index contributed by atoms with van der Waals surface area (Å²) in [5.74, 6) is 0.846. The summed E-state index contributed by atoms with van der Waals surface area (Å²) in [7, 11) is 0. The third kappa shape index (κ3) is 5.67. The number of hydrogen-bond donors (Lipinski definition) is 2. The van der Waals surface area contributed by atoms with Crippen molar-refractivity contribution >= 4 is 11.8 Å². The third-order valence-corrected chi connectivity index (χ3v) is 4.74. The first kappa shape index (κ1) is 21.1. The van der Waals surface area contributed by atoms with E-state index in [0.29, 0.717) is 19.3 Å². The van der Waals surface area contributed by atoms with Crippen LogP contribution in [-0.4, -0.2) is 53.8 Å². The fourth-order valence-corrected chi connectivity index (χ4v) is 2.95. The van der Waals surface area contributed by atoms with Crippen molar-refractivity contribution in [3.8, 4) is 0 Å². The predicted octanol–water partition coefficient (Wildman–Crippen LogP) is 3.29. The van der Waals surface area contributed by atoms with Crippen molar-refractivity contribution in [2.75, 3.05) is 25.2 Å². The smallest absolute Gasteiger partial charge is 0.391 e. The largest absolute Gasteiger partial charge is 0.442 e. The molecule has 0 fully saturated rings. The summed E-state index contributed by atoms with van der Waals surface area (Å²) in [5.41, 5.74) is -1.58. The molecule has 0 saturated heterocycles. The van der Waals surface area contributed by atoms with Gasteiger partial charge in [-0.3, -0.25) is 0 Å². The van der Waals surface area contributed by atoms with E-state index in [1.165, 1.54) is 12.1 Å². The van der Waals surface area contributed by atoms with Gasteiger partial charge >= 0.3 is 11.8 Å². The second-order valence-corrected chi connectivity index (χ2v) is 7.22. The summed E-state index contributed by atoms with van der Waals surface area (Å²) in [6.45, 7) is 0.294. The monoisotopic (exact) mass is 392 g/mol. The van der Waals surface area contributed by atoms with Crippen molar-refractivity contribution in [1.82, 2.24) is 0 Å². The Morgan fingerprint density at radius 2 is 1.65 bits per heavy atom. The van der Waals surface area contributed by atoms with Gasteiger partial charge in [0.2, 0.25) is 0 Å². The molecule has 0 bridgehead atoms. The topological polar surface area (TPSA) is 74.4 Å². The first-order valence-electron chi connectivity index (χ1n) is 8.31. The molecule has 26 heavy (non-hydrogen) atoms. The van der Waals surface area contributed by atoms with Gasteiger partial charge in [-0.15, -0.1) is 10.2 Å². The third-order valence-electron chi connectivity index (χ3n) is 4.09. The summed E-state index contributed by atoms with van der Waals surface area (Å²) in [6.07, 6.45) is -2.24. The van der Waals surface area contributed by atoms with Gasteiger partial charge in [-0.05, 0) is 36.8 Å². The van der Waals surface area contributed by atoms with Gasteiger partial charge in [0.05, 0.1) is 25.4 Å². The molecule has 0 radical (unpaired) electrons. The van der Waals surface area contributed by atoms with Crippen LogP contribution in [-0.2, 0) is 16.8 Å². The maximum absolute atomic E-state index is 12.9. The average Bonchev–Trinajstić information content (AvgIpc) is 3.40. The number of thioether (sulfide) groups is 1. The maximum atomic E-state index is 12.9. The highest BCUT2D eigenvalue weighted by molar-refractivity contribution is 7.98. The fraction of sp³-hybridized carbons (Fsp3) is 0.647. The van der Waals surface area contributed by atoms with Crippen LogP contribution < -0.4 is 0 Å². The number of benzene rings is 1. The number of hydrogen-bond acceptors (Lipinski definition) is 6. The van der Waals surface area contributed by atoms with Gasteiger partial charge in [0, 0.05) is 5.56 Å². The highest BCUT2D eigenvalue weighted by atomic mass is 32.2. The van der Waals surface area contributed by atoms with Crippen LogP contribution in [0.2, 0.25) is 0 Å². The molecule has 9 heteroatoms. The average molecular weight is 392 g/mol. The molecular weight excluding hydrogens is 369 g/mol. The van der Waals surface area contributed by atoms with E-state index in [1.54, 1.807) is 23.9 Å². The number of rotatable bonds is 11. The normalized spacial score (nSPS) is 17.9. The molecule has 0 spiro atoms. The summed E-state index contributed by atoms with van der Waals surface area (Å²) < 4.78 is 44.1. The quantitative estimate of drug-likeness (QED) is 0.606. The molecule has 2 atom stereocenters. The van der Waals surface area contributed by atoms with Crippen LogP contribution >= 0.6 is 11.8 Å². The molecule has 2 rings (SSSR count). The number of ether oxygens (including phenoxy) is 1. The Kier molecular flexibility index (Phi) is 7.45. The van der Waals surface area contributed by atoms with Crippen LogP contribution in [0, 0.1) is 0 Å². The maximum Gasteiger partial charge on any atom is 0.442 e. The van der Waals surface area contributed by atoms with Crippen LogP contribution in [0.15, 0.2) is 34.5 Å². The molecule has 2 unspecified atom stereocenters. The fourth-order valence-electron chi connectivity index (χ4n) is 2.44.